The Morgan fingerprint density at radius 2 is 1.89 bits per heavy atom. The molecule has 1 aromatic rings. The molecule has 0 bridgehead atoms. The molecule has 1 aliphatic rings. The van der Waals surface area contributed by atoms with Gasteiger partial charge in [-0.3, -0.25) is 19.4 Å². The third-order valence-corrected chi connectivity index (χ3v) is 5.06. The fourth-order valence-electron chi connectivity index (χ4n) is 3.62. The highest BCUT2D eigenvalue weighted by atomic mass is 16.5. The Hall–Kier alpha value is -1.92. The van der Waals surface area contributed by atoms with Gasteiger partial charge in [-0.25, -0.2) is 0 Å². The number of hydrogen-bond acceptors (Lipinski definition) is 5. The van der Waals surface area contributed by atoms with E-state index in [-0.39, 0.29) is 11.9 Å². The fraction of sp³-hybridized carbons (Fsp3) is 0.636. The summed E-state index contributed by atoms with van der Waals surface area (Å²) in [6.45, 7) is 12.3. The summed E-state index contributed by atoms with van der Waals surface area (Å²) < 4.78 is 4.73. The van der Waals surface area contributed by atoms with Gasteiger partial charge in [-0.05, 0) is 18.4 Å². The number of carbonyl (C=O) groups excluding carboxylic acids is 2. The molecule has 6 nitrogen and oxygen atoms in total. The summed E-state index contributed by atoms with van der Waals surface area (Å²) in [4.78, 5) is 30.6. The molecular weight excluding hydrogens is 354 g/mol. The topological polar surface area (TPSA) is 53.1 Å². The fourth-order valence-corrected chi connectivity index (χ4v) is 3.62. The van der Waals surface area contributed by atoms with Crippen molar-refractivity contribution >= 4 is 11.9 Å². The van der Waals surface area contributed by atoms with Gasteiger partial charge in [0, 0.05) is 45.8 Å². The van der Waals surface area contributed by atoms with E-state index < -0.39 is 0 Å². The largest absolute Gasteiger partial charge is 0.469 e. The van der Waals surface area contributed by atoms with E-state index in [0.29, 0.717) is 25.4 Å². The number of methoxy groups -OCH3 is 1. The summed E-state index contributed by atoms with van der Waals surface area (Å²) in [5.41, 5.74) is 2.61. The van der Waals surface area contributed by atoms with Gasteiger partial charge in [0.1, 0.15) is 0 Å². The van der Waals surface area contributed by atoms with Crippen molar-refractivity contribution < 1.29 is 14.3 Å². The first-order valence-electron chi connectivity index (χ1n) is 10.2. The number of piperazine rings is 1. The van der Waals surface area contributed by atoms with Crippen LogP contribution in [0.1, 0.15) is 31.4 Å². The molecule has 1 fully saturated rings. The second-order valence-electron chi connectivity index (χ2n) is 8.10. The van der Waals surface area contributed by atoms with Crippen LogP contribution in [0.3, 0.4) is 0 Å². The van der Waals surface area contributed by atoms with E-state index in [4.69, 9.17) is 4.74 Å². The van der Waals surface area contributed by atoms with E-state index in [9.17, 15) is 9.59 Å². The number of hydrogen-bond donors (Lipinski definition) is 0. The molecule has 0 unspecified atom stereocenters. The van der Waals surface area contributed by atoms with Crippen LogP contribution < -0.4 is 0 Å². The van der Waals surface area contributed by atoms with Crippen LogP contribution in [-0.4, -0.2) is 79.5 Å². The quantitative estimate of drug-likeness (QED) is 0.606. The first kappa shape index (κ1) is 22.4. The van der Waals surface area contributed by atoms with Crippen LogP contribution in [-0.2, 0) is 20.9 Å². The van der Waals surface area contributed by atoms with Crippen molar-refractivity contribution in [3.8, 4) is 0 Å². The van der Waals surface area contributed by atoms with Crippen molar-refractivity contribution in [2.75, 3.05) is 52.9 Å². The number of carbonyl (C=O) groups is 2. The number of ether oxygens (including phenoxy) is 1. The molecular formula is C22H35N3O3. The van der Waals surface area contributed by atoms with Crippen LogP contribution >= 0.6 is 0 Å². The maximum Gasteiger partial charge on any atom is 0.306 e. The second kappa shape index (κ2) is 11.2. The minimum Gasteiger partial charge on any atom is -0.469 e. The zero-order valence-electron chi connectivity index (χ0n) is 17.8. The molecule has 1 heterocycles. The lowest BCUT2D eigenvalue weighted by molar-refractivity contribution is -0.142. The summed E-state index contributed by atoms with van der Waals surface area (Å²) >= 11 is 0. The van der Waals surface area contributed by atoms with E-state index >= 15 is 0 Å². The molecule has 6 heteroatoms. The van der Waals surface area contributed by atoms with Crippen molar-refractivity contribution in [1.29, 1.82) is 0 Å². The van der Waals surface area contributed by atoms with Crippen molar-refractivity contribution in [1.82, 2.24) is 14.7 Å². The third-order valence-electron chi connectivity index (χ3n) is 5.06. The number of nitrogens with zero attached hydrogens (tertiary/aromatic N) is 3. The maximum atomic E-state index is 12.8. The first-order valence-corrected chi connectivity index (χ1v) is 10.2. The number of aryl methyl sites for hydroxylation is 1. The lowest BCUT2D eigenvalue weighted by Gasteiger charge is -2.36. The normalized spacial score (nSPS) is 15.3. The second-order valence-corrected chi connectivity index (χ2v) is 8.10. The lowest BCUT2D eigenvalue weighted by atomic mass is 10.1. The number of rotatable bonds is 9. The molecule has 0 aliphatic carbocycles. The van der Waals surface area contributed by atoms with Crippen LogP contribution in [0.4, 0.5) is 0 Å². The molecule has 0 radical (unpaired) electrons. The predicted molar refractivity (Wildman–Crippen MR) is 111 cm³/mol. The Morgan fingerprint density at radius 3 is 2.50 bits per heavy atom. The van der Waals surface area contributed by atoms with Gasteiger partial charge in [0.15, 0.2) is 0 Å². The zero-order valence-corrected chi connectivity index (χ0v) is 17.8. The molecule has 0 N–H and O–H groups in total. The molecule has 28 heavy (non-hydrogen) atoms. The minimum atomic E-state index is -0.231. The number of amides is 1. The Labute approximate surface area is 169 Å². The van der Waals surface area contributed by atoms with Crippen LogP contribution in [0.2, 0.25) is 0 Å². The smallest absolute Gasteiger partial charge is 0.306 e. The summed E-state index contributed by atoms with van der Waals surface area (Å²) in [6.07, 6.45) is 0.320. The van der Waals surface area contributed by atoms with Crippen LogP contribution in [0, 0.1) is 12.8 Å². The Bertz CT molecular complexity index is 640. The molecule has 0 spiro atoms. The number of esters is 1. The summed E-state index contributed by atoms with van der Waals surface area (Å²) in [7, 11) is 1.40. The van der Waals surface area contributed by atoms with Crippen molar-refractivity contribution in [3.05, 3.63) is 35.4 Å². The van der Waals surface area contributed by atoms with Gasteiger partial charge in [0.2, 0.25) is 5.91 Å². The summed E-state index contributed by atoms with van der Waals surface area (Å²) in [5.74, 6) is 0.364. The molecule has 156 valence electrons. The van der Waals surface area contributed by atoms with E-state index in [1.54, 1.807) is 0 Å². The van der Waals surface area contributed by atoms with E-state index in [0.717, 1.165) is 39.3 Å². The van der Waals surface area contributed by atoms with Gasteiger partial charge in [0.25, 0.3) is 0 Å². The average molecular weight is 390 g/mol. The predicted octanol–water partition coefficient (Wildman–Crippen LogP) is 2.16. The Morgan fingerprint density at radius 1 is 1.18 bits per heavy atom. The molecule has 0 aromatic heterocycles. The van der Waals surface area contributed by atoms with Crippen molar-refractivity contribution in [2.45, 2.75) is 33.7 Å². The first-order chi connectivity index (χ1) is 13.4. The summed E-state index contributed by atoms with van der Waals surface area (Å²) in [5, 5.41) is 0. The Balaban J connectivity index is 1.80. The highest BCUT2D eigenvalue weighted by Crippen LogP contribution is 2.11. The van der Waals surface area contributed by atoms with Gasteiger partial charge in [0.05, 0.1) is 20.1 Å². The molecule has 2 rings (SSSR count). The molecule has 0 atom stereocenters. The van der Waals surface area contributed by atoms with Crippen LogP contribution in [0.25, 0.3) is 0 Å². The molecule has 1 aliphatic heterocycles. The zero-order chi connectivity index (χ0) is 20.5. The highest BCUT2D eigenvalue weighted by Gasteiger charge is 2.23. The van der Waals surface area contributed by atoms with Crippen molar-refractivity contribution in [2.24, 2.45) is 5.92 Å². The molecule has 1 saturated heterocycles. The van der Waals surface area contributed by atoms with Gasteiger partial charge in [-0.1, -0.05) is 43.7 Å². The van der Waals surface area contributed by atoms with Crippen LogP contribution in [0.5, 0.6) is 0 Å². The van der Waals surface area contributed by atoms with Gasteiger partial charge in [-0.2, -0.15) is 0 Å². The third kappa shape index (κ3) is 7.60. The van der Waals surface area contributed by atoms with E-state index in [2.05, 4.69) is 54.8 Å². The maximum absolute atomic E-state index is 12.8. The van der Waals surface area contributed by atoms with Gasteiger partial charge >= 0.3 is 5.97 Å². The average Bonchev–Trinajstić information content (AvgIpc) is 2.66. The van der Waals surface area contributed by atoms with Gasteiger partial charge < -0.3 is 9.64 Å². The summed E-state index contributed by atoms with van der Waals surface area (Å²) in [6, 6.07) is 8.60. The van der Waals surface area contributed by atoms with Gasteiger partial charge in [-0.15, -0.1) is 0 Å². The highest BCUT2D eigenvalue weighted by molar-refractivity contribution is 5.78. The van der Waals surface area contributed by atoms with E-state index in [1.807, 2.05) is 4.90 Å². The van der Waals surface area contributed by atoms with Crippen LogP contribution in [0.15, 0.2) is 24.3 Å². The standard InChI is InChI=1S/C22H35N3O3/c1-18(2)15-24(9-8-22(27)28-4)17-21(26)25-12-10-23(11-13-25)16-20-7-5-6-19(3)14-20/h5-7,14,18H,8-13,15-17H2,1-4H3. The minimum absolute atomic E-state index is 0.153. The Kier molecular flexibility index (Phi) is 8.93. The lowest BCUT2D eigenvalue weighted by Crippen LogP contribution is -2.51. The SMILES string of the molecule is COC(=O)CCN(CC(=O)N1CCN(Cc2cccc(C)c2)CC1)CC(C)C. The molecule has 1 aromatic carbocycles. The van der Waals surface area contributed by atoms with E-state index in [1.165, 1.54) is 18.2 Å². The number of benzene rings is 1. The molecule has 0 saturated carbocycles. The van der Waals surface area contributed by atoms with Crippen molar-refractivity contribution in [3.63, 3.8) is 0 Å². The molecule has 1 amide bonds. The monoisotopic (exact) mass is 389 g/mol.